The lowest BCUT2D eigenvalue weighted by Gasteiger charge is -2.51. The molecule has 0 radical (unpaired) electrons. The minimum atomic E-state index is -1.44. The van der Waals surface area contributed by atoms with E-state index in [9.17, 15) is 0 Å². The fraction of sp³-hybridized carbons (Fsp3) is 0.541. The summed E-state index contributed by atoms with van der Waals surface area (Å²) in [5.41, 5.74) is 4.51. The zero-order valence-corrected chi connectivity index (χ0v) is 81.0. The molecular weight excluding hydrogens is 1690 g/mol. The Morgan fingerprint density at radius 1 is 0.237 bits per heavy atom. The van der Waals surface area contributed by atoms with Gasteiger partial charge in [-0.1, -0.05) is 359 Å². The lowest BCUT2D eigenvalue weighted by atomic mass is 9.78. The predicted molar refractivity (Wildman–Crippen MR) is 527 cm³/mol. The van der Waals surface area contributed by atoms with Crippen LogP contribution in [0.25, 0.3) is 0 Å². The van der Waals surface area contributed by atoms with Gasteiger partial charge in [-0.25, -0.2) is 28.8 Å². The summed E-state index contributed by atoms with van der Waals surface area (Å²) in [6, 6.07) is 52.6. The van der Waals surface area contributed by atoms with E-state index in [1.165, 1.54) is 93.7 Å². The fourth-order valence-electron chi connectivity index (χ4n) is 23.6. The van der Waals surface area contributed by atoms with E-state index in [-0.39, 0.29) is 58.9 Å². The monoisotopic (exact) mass is 1830 g/mol. The largest absolute Gasteiger partial charge is 0.352 e. The maximum Gasteiger partial charge on any atom is 0.321 e. The number of hydrogen-bond donors (Lipinski definition) is 9. The van der Waals surface area contributed by atoms with E-state index in [2.05, 4.69) is 162 Å². The number of amides is 15. The summed E-state index contributed by atoms with van der Waals surface area (Å²) in [5, 5.41) is 29.5. The number of urea groups is 6. The average molecular weight is 1840 g/mol. The zero-order valence-electron chi connectivity index (χ0n) is 81.0. The Morgan fingerprint density at radius 2 is 0.400 bits per heavy atom. The predicted octanol–water partition coefficient (Wildman–Crippen LogP) is 19.8. The van der Waals surface area contributed by atoms with Crippen LogP contribution in [-0.2, 0) is 107 Å². The number of carbonyl (C=O) groups excluding carboxylic acids is 9. The van der Waals surface area contributed by atoms with Crippen molar-refractivity contribution in [3.8, 4) is 0 Å². The molecule has 16 rings (SSSR count). The Bertz CT molecular complexity index is 4680. The smallest absolute Gasteiger partial charge is 0.321 e. The molecule has 0 spiro atoms. The number of carbonyl (C=O) groups is 9. The highest BCUT2D eigenvalue weighted by atomic mass is 16.2. The third-order valence-corrected chi connectivity index (χ3v) is 30.8. The summed E-state index contributed by atoms with van der Waals surface area (Å²) in [7, 11) is 0. The molecule has 15 amide bonds. The highest BCUT2D eigenvalue weighted by Gasteiger charge is 2.79. The molecule has 9 saturated heterocycles. The number of hydrogen-bond acceptors (Lipinski definition) is 9. The second kappa shape index (κ2) is 43.3. The van der Waals surface area contributed by atoms with Crippen molar-refractivity contribution < 1.29 is 43.2 Å². The molecule has 9 fully saturated rings. The van der Waals surface area contributed by atoms with Crippen LogP contribution in [0, 0.1) is 17.8 Å². The Kier molecular flexibility index (Phi) is 31.0. The molecule has 0 saturated carbocycles. The van der Waals surface area contributed by atoms with Gasteiger partial charge >= 0.3 is 36.2 Å². The standard InChI is InChI=1S/C111H147N15O9/c1-7-13-19-25-31-37-79-43-55-91(56-44-79)106-109(94-61-49-82(50-62-94)40-34-28-22-16-10-4)121(100(130)115-106)73-88(74-122(109)101(131)116-106)97(127)112-70-85-67-86(71-113-98(128)89-75-123-102(132)117-107(92-57-45-80(46-58-92)38-32-26-20-14-8-2)110(123,124(76-89)103(133)118-107)95-63-51-83(52-64-95)41-35-29-23-17-11-5)69-87(68-85)72-114-99(129)90-77-125-104(134)119-108(93-59-47-81(48-60-93)39-33-27-21-15-9-3)111(125,126(78-90)105(135)120-108)96-65-53-84(54-66-96)42-36-30-24-18-12-6/h43-69,88-90H,7-42,70-78H2,1-6H3,(H,112,127)(H,113,128)(H,114,129)(H,115,130)(H,116,131)(H,117,132)(H,118,133)(H,119,134)(H,120,135). The van der Waals surface area contributed by atoms with E-state index in [0.717, 1.165) is 187 Å². The topological polar surface area (TPSA) is 281 Å². The second-order valence-corrected chi connectivity index (χ2v) is 40.1. The lowest BCUT2D eigenvalue weighted by Crippen LogP contribution is -2.67. The van der Waals surface area contributed by atoms with E-state index in [4.69, 9.17) is 0 Å². The van der Waals surface area contributed by atoms with E-state index in [1.807, 2.05) is 91.0 Å². The van der Waals surface area contributed by atoms with Crippen LogP contribution in [0.5, 0.6) is 0 Å². The Balaban J connectivity index is 0.683. The molecule has 7 aromatic carbocycles. The summed E-state index contributed by atoms with van der Waals surface area (Å²) in [6.45, 7) is 12.9. The molecule has 0 aromatic heterocycles. The molecule has 24 nitrogen and oxygen atoms in total. The van der Waals surface area contributed by atoms with Gasteiger partial charge in [-0.3, -0.25) is 43.8 Å². The highest BCUT2D eigenvalue weighted by Crippen LogP contribution is 2.60. The van der Waals surface area contributed by atoms with Crippen molar-refractivity contribution in [3.63, 3.8) is 0 Å². The molecule has 0 atom stereocenters. The number of nitrogens with zero attached hydrogens (tertiary/aromatic N) is 6. The third kappa shape index (κ3) is 19.0. The molecular formula is C111H147N15O9. The zero-order chi connectivity index (χ0) is 94.3. The van der Waals surface area contributed by atoms with Gasteiger partial charge in [0.2, 0.25) is 17.7 Å². The Morgan fingerprint density at radius 3 is 0.570 bits per heavy atom. The summed E-state index contributed by atoms with van der Waals surface area (Å²) in [4.78, 5) is 147. The molecule has 135 heavy (non-hydrogen) atoms. The van der Waals surface area contributed by atoms with E-state index in [0.29, 0.717) is 33.4 Å². The molecule has 0 bridgehead atoms. The molecule has 9 aliphatic rings. The van der Waals surface area contributed by atoms with Crippen LogP contribution < -0.4 is 47.9 Å². The van der Waals surface area contributed by atoms with Gasteiger partial charge < -0.3 is 47.9 Å². The van der Waals surface area contributed by atoms with Crippen LogP contribution >= 0.6 is 0 Å². The van der Waals surface area contributed by atoms with Crippen molar-refractivity contribution in [2.24, 2.45) is 17.8 Å². The van der Waals surface area contributed by atoms with Crippen LogP contribution in [0.4, 0.5) is 28.8 Å². The Hall–Kier alpha value is -11.4. The van der Waals surface area contributed by atoms with Crippen molar-refractivity contribution in [2.45, 2.75) is 326 Å². The van der Waals surface area contributed by atoms with Gasteiger partial charge in [0.1, 0.15) is 0 Å². The van der Waals surface area contributed by atoms with E-state index < -0.39 is 106 Å². The normalized spacial score (nSPS) is 23.8. The van der Waals surface area contributed by atoms with Gasteiger partial charge in [0.05, 0.1) is 17.8 Å². The van der Waals surface area contributed by atoms with Gasteiger partial charge in [-0.15, -0.1) is 0 Å². The first kappa shape index (κ1) is 96.7. The molecule has 0 unspecified atom stereocenters. The second-order valence-electron chi connectivity index (χ2n) is 40.1. The summed E-state index contributed by atoms with van der Waals surface area (Å²) < 4.78 is 0. The van der Waals surface area contributed by atoms with Crippen LogP contribution in [-0.4, -0.2) is 123 Å². The van der Waals surface area contributed by atoms with Crippen molar-refractivity contribution in [3.05, 3.63) is 247 Å². The van der Waals surface area contributed by atoms with Gasteiger partial charge in [0.15, 0.2) is 34.0 Å². The van der Waals surface area contributed by atoms with Gasteiger partial charge in [0.25, 0.3) is 0 Å². The van der Waals surface area contributed by atoms with Crippen LogP contribution in [0.3, 0.4) is 0 Å². The lowest BCUT2D eigenvalue weighted by molar-refractivity contribution is -0.133. The number of benzene rings is 7. The van der Waals surface area contributed by atoms with Crippen molar-refractivity contribution in [1.29, 1.82) is 0 Å². The maximum absolute atomic E-state index is 15.4. The van der Waals surface area contributed by atoms with Crippen molar-refractivity contribution >= 4 is 53.9 Å². The van der Waals surface area contributed by atoms with Crippen LogP contribution in [0.1, 0.15) is 318 Å². The highest BCUT2D eigenvalue weighted by molar-refractivity contribution is 5.95. The molecule has 720 valence electrons. The van der Waals surface area contributed by atoms with Gasteiger partial charge in [-0.05, 0) is 127 Å². The molecule has 9 N–H and O–H groups in total. The van der Waals surface area contributed by atoms with Crippen molar-refractivity contribution in [2.75, 3.05) is 39.3 Å². The first-order valence-electron chi connectivity index (χ1n) is 51.9. The first-order valence-corrected chi connectivity index (χ1v) is 51.9. The number of aryl methyl sites for hydroxylation is 6. The average Bonchev–Trinajstić information content (AvgIpc) is 1.50. The third-order valence-electron chi connectivity index (χ3n) is 30.8. The molecule has 24 heteroatoms. The minimum absolute atomic E-state index is 0.0397. The quantitative estimate of drug-likeness (QED) is 0.0164. The number of unbranched alkanes of at least 4 members (excludes halogenated alkanes) is 24. The maximum atomic E-state index is 15.4. The number of nitrogens with one attached hydrogen (secondary N) is 9. The Labute approximate surface area is 800 Å². The number of rotatable bonds is 51. The summed E-state index contributed by atoms with van der Waals surface area (Å²) >= 11 is 0. The molecule has 0 aliphatic carbocycles. The first-order chi connectivity index (χ1) is 65.8. The van der Waals surface area contributed by atoms with Crippen LogP contribution in [0.15, 0.2) is 164 Å². The van der Waals surface area contributed by atoms with Crippen molar-refractivity contribution in [1.82, 2.24) is 77.3 Å². The molecule has 9 heterocycles. The fourth-order valence-corrected chi connectivity index (χ4v) is 23.6. The van der Waals surface area contributed by atoms with E-state index in [1.54, 1.807) is 29.4 Å². The summed E-state index contributed by atoms with van der Waals surface area (Å²) in [5.74, 6) is -3.97. The van der Waals surface area contributed by atoms with Crippen LogP contribution in [0.2, 0.25) is 0 Å². The molecule has 9 aliphatic heterocycles. The summed E-state index contributed by atoms with van der Waals surface area (Å²) in [6.07, 6.45) is 39.6. The van der Waals surface area contributed by atoms with Gasteiger partial charge in [-0.2, -0.15) is 0 Å². The SMILES string of the molecule is CCCCCCCc1ccc(C23NC(=O)N4CC(C(=O)NCc5cc(CNC(=O)C6CN7C(=O)NC8(c9ccc(CCCCCCC)cc9)NC(=O)N(C6)C78c6ccc(CCCCCCC)cc6)cc(CNC(=O)C6CN7C(=O)NC8(c9ccc(CCCCCCC)cc9)NC(=O)N(C6)C78c6ccc(CCCCCCC)cc6)c5)CN(C(=O)N2)C43c2ccc(CCCCCCC)cc2)cc1. The van der Waals surface area contributed by atoms with Gasteiger partial charge in [0, 0.05) is 92.3 Å². The molecule has 7 aromatic rings. The van der Waals surface area contributed by atoms with E-state index >= 15 is 43.2 Å². The minimum Gasteiger partial charge on any atom is -0.352 e.